The van der Waals surface area contributed by atoms with Gasteiger partial charge in [-0.2, -0.15) is 0 Å². The van der Waals surface area contributed by atoms with E-state index < -0.39 is 35.3 Å². The van der Waals surface area contributed by atoms with Gasteiger partial charge in [-0.25, -0.2) is 0 Å². The van der Waals surface area contributed by atoms with E-state index in [9.17, 15) is 19.5 Å². The van der Waals surface area contributed by atoms with Crippen LogP contribution in [-0.4, -0.2) is 54.1 Å². The zero-order valence-electron chi connectivity index (χ0n) is 15.8. The van der Waals surface area contributed by atoms with Crippen molar-refractivity contribution in [2.24, 2.45) is 11.8 Å². The lowest BCUT2D eigenvalue weighted by Gasteiger charge is -2.30. The Morgan fingerprint density at radius 3 is 2.59 bits per heavy atom. The number of amides is 2. The van der Waals surface area contributed by atoms with Crippen molar-refractivity contribution < 1.29 is 29.0 Å². The van der Waals surface area contributed by atoms with Crippen molar-refractivity contribution in [3.8, 4) is 11.5 Å². The SMILES string of the molecule is CCOc1cc([C@@H]2N[C@](CC)(C(=O)OC)[C@@H]3C(=O)N(C)C(=O)[C@@H]32)ccc1O. The maximum atomic E-state index is 12.8. The van der Waals surface area contributed by atoms with Gasteiger partial charge in [-0.3, -0.25) is 24.6 Å². The monoisotopic (exact) mass is 376 g/mol. The predicted molar refractivity (Wildman–Crippen MR) is 94.9 cm³/mol. The van der Waals surface area contributed by atoms with E-state index >= 15 is 0 Å². The molecule has 2 fully saturated rings. The van der Waals surface area contributed by atoms with Crippen molar-refractivity contribution in [3.05, 3.63) is 23.8 Å². The quantitative estimate of drug-likeness (QED) is 0.583. The Morgan fingerprint density at radius 1 is 1.30 bits per heavy atom. The van der Waals surface area contributed by atoms with Crippen molar-refractivity contribution in [2.45, 2.75) is 31.8 Å². The van der Waals surface area contributed by atoms with Crippen LogP contribution in [0.25, 0.3) is 0 Å². The van der Waals surface area contributed by atoms with E-state index in [0.717, 1.165) is 4.90 Å². The van der Waals surface area contributed by atoms with Crippen LogP contribution in [0, 0.1) is 11.8 Å². The minimum Gasteiger partial charge on any atom is -0.504 e. The normalized spacial score (nSPS) is 29.8. The molecule has 146 valence electrons. The van der Waals surface area contributed by atoms with E-state index in [1.807, 2.05) is 0 Å². The lowest BCUT2D eigenvalue weighted by molar-refractivity contribution is -0.154. The van der Waals surface area contributed by atoms with Crippen LogP contribution in [0.1, 0.15) is 31.9 Å². The van der Waals surface area contributed by atoms with Crippen molar-refractivity contribution in [2.75, 3.05) is 20.8 Å². The summed E-state index contributed by atoms with van der Waals surface area (Å²) in [5.74, 6) is -2.62. The number of aromatic hydroxyl groups is 1. The van der Waals surface area contributed by atoms with Crippen LogP contribution in [0.4, 0.5) is 0 Å². The molecular formula is C19H24N2O6. The summed E-state index contributed by atoms with van der Waals surface area (Å²) in [7, 11) is 2.70. The fraction of sp³-hybridized carbons (Fsp3) is 0.526. The minimum atomic E-state index is -1.29. The predicted octanol–water partition coefficient (Wildman–Crippen LogP) is 0.988. The van der Waals surface area contributed by atoms with Crippen molar-refractivity contribution in [1.29, 1.82) is 0 Å². The Labute approximate surface area is 157 Å². The van der Waals surface area contributed by atoms with E-state index in [2.05, 4.69) is 5.32 Å². The molecule has 0 bridgehead atoms. The molecule has 0 radical (unpaired) electrons. The standard InChI is InChI=1S/C19H24N2O6/c1-5-19(18(25)26-4)14-13(16(23)21(3)17(14)24)15(20-19)10-7-8-11(22)12(9-10)27-6-2/h7-9,13-15,20,22H,5-6H2,1-4H3/t13-,14-,15-,19-/m0/s1. The average molecular weight is 376 g/mol. The largest absolute Gasteiger partial charge is 0.504 e. The second-order valence-corrected chi connectivity index (χ2v) is 6.84. The first-order chi connectivity index (χ1) is 12.8. The van der Waals surface area contributed by atoms with Gasteiger partial charge in [-0.05, 0) is 31.0 Å². The number of carbonyl (C=O) groups is 3. The van der Waals surface area contributed by atoms with Crippen LogP contribution < -0.4 is 10.1 Å². The highest BCUT2D eigenvalue weighted by molar-refractivity contribution is 6.09. The zero-order chi connectivity index (χ0) is 19.9. The number of benzene rings is 1. The Kier molecular flexibility index (Phi) is 4.86. The fourth-order valence-electron chi connectivity index (χ4n) is 4.27. The van der Waals surface area contributed by atoms with E-state index in [1.54, 1.807) is 26.0 Å². The second-order valence-electron chi connectivity index (χ2n) is 6.84. The number of phenolic OH excluding ortho intramolecular Hbond substituents is 1. The molecule has 2 aliphatic heterocycles. The second kappa shape index (κ2) is 6.84. The van der Waals surface area contributed by atoms with Crippen LogP contribution in [-0.2, 0) is 19.1 Å². The number of methoxy groups -OCH3 is 1. The molecule has 2 amide bonds. The summed E-state index contributed by atoms with van der Waals surface area (Å²) in [6.45, 7) is 3.94. The molecule has 1 aromatic carbocycles. The highest BCUT2D eigenvalue weighted by atomic mass is 16.5. The Hall–Kier alpha value is -2.61. The number of imide groups is 1. The van der Waals surface area contributed by atoms with Gasteiger partial charge in [0.25, 0.3) is 0 Å². The van der Waals surface area contributed by atoms with E-state index in [-0.39, 0.29) is 17.4 Å². The Morgan fingerprint density at radius 2 is 2.00 bits per heavy atom. The smallest absolute Gasteiger partial charge is 0.326 e. The van der Waals surface area contributed by atoms with Crippen LogP contribution in [0.2, 0.25) is 0 Å². The summed E-state index contributed by atoms with van der Waals surface area (Å²) >= 11 is 0. The number of hydrogen-bond acceptors (Lipinski definition) is 7. The van der Waals surface area contributed by atoms with Gasteiger partial charge in [-0.1, -0.05) is 13.0 Å². The molecule has 2 saturated heterocycles. The molecule has 0 aliphatic carbocycles. The number of esters is 1. The minimum absolute atomic E-state index is 0.0178. The van der Waals surface area contributed by atoms with E-state index in [4.69, 9.17) is 9.47 Å². The highest BCUT2D eigenvalue weighted by Crippen LogP contribution is 2.50. The first-order valence-corrected chi connectivity index (χ1v) is 8.95. The lowest BCUT2D eigenvalue weighted by atomic mass is 9.78. The van der Waals surface area contributed by atoms with Crippen LogP contribution >= 0.6 is 0 Å². The average Bonchev–Trinajstić information content (AvgIpc) is 3.13. The summed E-state index contributed by atoms with van der Waals surface area (Å²) in [4.78, 5) is 39.3. The number of phenols is 1. The Bertz CT molecular complexity index is 794. The van der Waals surface area contributed by atoms with Crippen molar-refractivity contribution in [3.63, 3.8) is 0 Å². The third kappa shape index (κ3) is 2.66. The van der Waals surface area contributed by atoms with Crippen molar-refractivity contribution in [1.82, 2.24) is 10.2 Å². The van der Waals surface area contributed by atoms with E-state index in [0.29, 0.717) is 18.6 Å². The van der Waals surface area contributed by atoms with Gasteiger partial charge < -0.3 is 14.6 Å². The summed E-state index contributed by atoms with van der Waals surface area (Å²) in [5.41, 5.74) is -0.632. The van der Waals surface area contributed by atoms with E-state index in [1.165, 1.54) is 20.2 Å². The van der Waals surface area contributed by atoms with Crippen LogP contribution in [0.5, 0.6) is 11.5 Å². The topological polar surface area (TPSA) is 105 Å². The molecule has 8 nitrogen and oxygen atoms in total. The molecule has 2 heterocycles. The summed E-state index contributed by atoms with van der Waals surface area (Å²) in [5, 5.41) is 13.2. The van der Waals surface area contributed by atoms with Gasteiger partial charge in [0.05, 0.1) is 25.6 Å². The molecule has 0 saturated carbocycles. The third-order valence-electron chi connectivity index (χ3n) is 5.62. The van der Waals surface area contributed by atoms with Crippen molar-refractivity contribution >= 4 is 17.8 Å². The van der Waals surface area contributed by atoms with Gasteiger partial charge in [0.1, 0.15) is 5.54 Å². The van der Waals surface area contributed by atoms with Gasteiger partial charge in [0.2, 0.25) is 11.8 Å². The number of likely N-dealkylation sites (tertiary alicyclic amines) is 1. The number of ether oxygens (including phenoxy) is 2. The molecule has 0 unspecified atom stereocenters. The number of nitrogens with one attached hydrogen (secondary N) is 1. The van der Waals surface area contributed by atoms with Gasteiger partial charge in [0.15, 0.2) is 11.5 Å². The number of carbonyl (C=O) groups excluding carboxylic acids is 3. The Balaban J connectivity index is 2.12. The molecule has 1 aromatic rings. The molecular weight excluding hydrogens is 352 g/mol. The molecule has 27 heavy (non-hydrogen) atoms. The maximum Gasteiger partial charge on any atom is 0.326 e. The molecule has 3 rings (SSSR count). The third-order valence-corrected chi connectivity index (χ3v) is 5.62. The highest BCUT2D eigenvalue weighted by Gasteiger charge is 2.67. The number of fused-ring (bicyclic) bond motifs is 1. The molecule has 4 atom stereocenters. The van der Waals surface area contributed by atoms with Gasteiger partial charge >= 0.3 is 5.97 Å². The number of hydrogen-bond donors (Lipinski definition) is 2. The summed E-state index contributed by atoms with van der Waals surface area (Å²) in [6.07, 6.45) is 0.292. The number of rotatable bonds is 5. The molecule has 2 N–H and O–H groups in total. The molecule has 8 heteroatoms. The van der Waals surface area contributed by atoms with Gasteiger partial charge in [0, 0.05) is 13.1 Å². The molecule has 0 spiro atoms. The van der Waals surface area contributed by atoms with Gasteiger partial charge in [-0.15, -0.1) is 0 Å². The summed E-state index contributed by atoms with van der Waals surface area (Å²) in [6, 6.07) is 4.18. The van der Waals surface area contributed by atoms with Crippen LogP contribution in [0.3, 0.4) is 0 Å². The number of nitrogens with zero attached hydrogens (tertiary/aromatic N) is 1. The molecule has 2 aliphatic rings. The first-order valence-electron chi connectivity index (χ1n) is 8.95. The molecule has 0 aromatic heterocycles. The summed E-state index contributed by atoms with van der Waals surface area (Å²) < 4.78 is 10.4. The van der Waals surface area contributed by atoms with Crippen LogP contribution in [0.15, 0.2) is 18.2 Å². The zero-order valence-corrected chi connectivity index (χ0v) is 15.8. The maximum absolute atomic E-state index is 12.8. The lowest BCUT2D eigenvalue weighted by Crippen LogP contribution is -2.55. The first kappa shape index (κ1) is 19.2. The fourth-order valence-corrected chi connectivity index (χ4v) is 4.27.